The monoisotopic (exact) mass is 406 g/mol. The van der Waals surface area contributed by atoms with E-state index < -0.39 is 0 Å². The molecule has 0 spiro atoms. The second kappa shape index (κ2) is 9.43. The smallest absolute Gasteiger partial charge is 0.318 e. The fourth-order valence-electron chi connectivity index (χ4n) is 4.03. The Morgan fingerprint density at radius 1 is 1.28 bits per heavy atom. The first-order chi connectivity index (χ1) is 14.0. The van der Waals surface area contributed by atoms with Gasteiger partial charge in [-0.3, -0.25) is 0 Å². The number of rotatable bonds is 6. The maximum atomic E-state index is 14.2. The zero-order chi connectivity index (χ0) is 21.0. The molecule has 29 heavy (non-hydrogen) atoms. The van der Waals surface area contributed by atoms with E-state index in [4.69, 9.17) is 0 Å². The molecule has 0 bridgehead atoms. The van der Waals surface area contributed by atoms with Gasteiger partial charge in [0.2, 0.25) is 0 Å². The maximum absolute atomic E-state index is 14.2. The minimum Gasteiger partial charge on any atom is -0.396 e. The van der Waals surface area contributed by atoms with E-state index in [-0.39, 0.29) is 49.0 Å². The minimum atomic E-state index is -0.313. The highest BCUT2D eigenvalue weighted by atomic mass is 19.1. The lowest BCUT2D eigenvalue weighted by Crippen LogP contribution is -2.58. The number of urea groups is 2. The van der Waals surface area contributed by atoms with Crippen LogP contribution < -0.4 is 10.6 Å². The van der Waals surface area contributed by atoms with Crippen LogP contribution in [0.3, 0.4) is 0 Å². The van der Waals surface area contributed by atoms with E-state index in [1.807, 2.05) is 13.0 Å². The molecule has 4 amide bonds. The highest BCUT2D eigenvalue weighted by Crippen LogP contribution is 2.32. The molecule has 0 aromatic heterocycles. The van der Waals surface area contributed by atoms with Crippen LogP contribution in [0.2, 0.25) is 0 Å². The number of nitrogens with one attached hydrogen (secondary N) is 2. The van der Waals surface area contributed by atoms with Crippen molar-refractivity contribution in [2.24, 2.45) is 5.92 Å². The Morgan fingerprint density at radius 3 is 2.62 bits per heavy atom. The van der Waals surface area contributed by atoms with Crippen molar-refractivity contribution < 1.29 is 19.1 Å². The summed E-state index contributed by atoms with van der Waals surface area (Å²) in [6, 6.07) is 4.61. The second-order valence-electron chi connectivity index (χ2n) is 7.97. The van der Waals surface area contributed by atoms with Gasteiger partial charge in [0.15, 0.2) is 0 Å². The Kier molecular flexibility index (Phi) is 6.95. The van der Waals surface area contributed by atoms with Crippen molar-refractivity contribution >= 4 is 12.1 Å². The second-order valence-corrected chi connectivity index (χ2v) is 7.97. The van der Waals surface area contributed by atoms with Gasteiger partial charge >= 0.3 is 12.1 Å². The third-order valence-corrected chi connectivity index (χ3v) is 5.80. The summed E-state index contributed by atoms with van der Waals surface area (Å²) in [6.07, 6.45) is 3.25. The van der Waals surface area contributed by atoms with Crippen LogP contribution in [0.4, 0.5) is 14.0 Å². The maximum Gasteiger partial charge on any atom is 0.318 e. The van der Waals surface area contributed by atoms with Gasteiger partial charge in [-0.1, -0.05) is 19.1 Å². The number of hydrogen-bond donors (Lipinski definition) is 3. The zero-order valence-electron chi connectivity index (χ0n) is 17.2. The molecule has 8 heteroatoms. The predicted octanol–water partition coefficient (Wildman–Crippen LogP) is 2.08. The summed E-state index contributed by atoms with van der Waals surface area (Å²) in [7, 11) is 1.57. The number of nitrogens with zero attached hydrogens (tertiary/aromatic N) is 2. The number of amides is 4. The molecule has 2 aliphatic rings. The van der Waals surface area contributed by atoms with Gasteiger partial charge in [0.05, 0.1) is 6.04 Å². The lowest BCUT2D eigenvalue weighted by molar-refractivity contribution is 0.0690. The normalized spacial score (nSPS) is 21.6. The zero-order valence-corrected chi connectivity index (χ0v) is 17.2. The highest BCUT2D eigenvalue weighted by molar-refractivity contribution is 5.76. The molecule has 1 heterocycles. The van der Waals surface area contributed by atoms with Crippen LogP contribution in [-0.4, -0.2) is 65.8 Å². The number of aryl methyl sites for hydroxylation is 1. The third-order valence-electron chi connectivity index (χ3n) is 5.80. The average Bonchev–Trinajstić information content (AvgIpc) is 3.57. The van der Waals surface area contributed by atoms with E-state index in [1.54, 1.807) is 22.9 Å². The molecular formula is C21H31FN4O3. The van der Waals surface area contributed by atoms with Gasteiger partial charge in [0, 0.05) is 50.8 Å². The fraction of sp³-hybridized carbons (Fsp3) is 0.619. The molecule has 0 radical (unpaired) electrons. The van der Waals surface area contributed by atoms with E-state index in [1.165, 1.54) is 6.07 Å². The summed E-state index contributed by atoms with van der Waals surface area (Å²) >= 11 is 0. The van der Waals surface area contributed by atoms with Crippen LogP contribution in [0.5, 0.6) is 0 Å². The number of aliphatic hydroxyl groups is 1. The summed E-state index contributed by atoms with van der Waals surface area (Å²) in [5, 5.41) is 15.1. The van der Waals surface area contributed by atoms with E-state index in [9.17, 15) is 19.1 Å². The van der Waals surface area contributed by atoms with Gasteiger partial charge in [-0.25, -0.2) is 14.0 Å². The van der Waals surface area contributed by atoms with Gasteiger partial charge in [-0.2, -0.15) is 0 Å². The molecule has 2 fully saturated rings. The first-order valence-electron chi connectivity index (χ1n) is 10.4. The Balaban J connectivity index is 1.68. The largest absolute Gasteiger partial charge is 0.396 e. The molecule has 1 aliphatic carbocycles. The van der Waals surface area contributed by atoms with Crippen molar-refractivity contribution in [3.8, 4) is 0 Å². The van der Waals surface area contributed by atoms with Crippen molar-refractivity contribution in [2.75, 3.05) is 26.7 Å². The molecule has 1 aromatic carbocycles. The minimum absolute atomic E-state index is 0.0287. The summed E-state index contributed by atoms with van der Waals surface area (Å²) in [5.41, 5.74) is 1.37. The van der Waals surface area contributed by atoms with E-state index >= 15 is 0 Å². The van der Waals surface area contributed by atoms with E-state index in [2.05, 4.69) is 10.6 Å². The standard InChI is InChI=1S/C21H31FN4O3/c1-3-14-4-5-16(19(22)9-14)10-24-21(29)26(17-6-7-17)18-8-15(13-27)11-25(12-18)20(28)23-2/h4-5,9,15,17-18,27H,3,6-8,10-13H2,1-2H3,(H,23,28)(H,24,29). The van der Waals surface area contributed by atoms with Crippen LogP contribution >= 0.6 is 0 Å². The molecule has 1 saturated heterocycles. The molecule has 1 aromatic rings. The summed E-state index contributed by atoms with van der Waals surface area (Å²) < 4.78 is 14.2. The molecular weight excluding hydrogens is 375 g/mol. The van der Waals surface area contributed by atoms with Gasteiger partial charge < -0.3 is 25.5 Å². The van der Waals surface area contributed by atoms with Gasteiger partial charge in [-0.05, 0) is 37.3 Å². The topological polar surface area (TPSA) is 84.9 Å². The molecule has 3 N–H and O–H groups in total. The first kappa shape index (κ1) is 21.4. The molecule has 7 nitrogen and oxygen atoms in total. The number of likely N-dealkylation sites (tertiary alicyclic amines) is 1. The Labute approximate surface area is 171 Å². The third kappa shape index (κ3) is 5.18. The van der Waals surface area contributed by atoms with Crippen molar-refractivity contribution in [3.63, 3.8) is 0 Å². The van der Waals surface area contributed by atoms with Crippen LogP contribution in [0.1, 0.15) is 37.3 Å². The Morgan fingerprint density at radius 2 is 2.03 bits per heavy atom. The lowest BCUT2D eigenvalue weighted by atomic mass is 9.94. The van der Waals surface area contributed by atoms with Crippen LogP contribution in [0.15, 0.2) is 18.2 Å². The Hall–Kier alpha value is -2.35. The van der Waals surface area contributed by atoms with Crippen molar-refractivity contribution in [1.29, 1.82) is 0 Å². The first-order valence-corrected chi connectivity index (χ1v) is 10.4. The van der Waals surface area contributed by atoms with Crippen molar-refractivity contribution in [1.82, 2.24) is 20.4 Å². The lowest BCUT2D eigenvalue weighted by Gasteiger charge is -2.42. The SMILES string of the molecule is CCc1ccc(CNC(=O)N(C2CC2)C2CC(CO)CN(C(=O)NC)C2)c(F)c1. The van der Waals surface area contributed by atoms with Crippen molar-refractivity contribution in [3.05, 3.63) is 35.1 Å². The number of piperidine rings is 1. The number of carbonyl (C=O) groups excluding carboxylic acids is 2. The molecule has 1 saturated carbocycles. The van der Waals surface area contributed by atoms with Gasteiger partial charge in [0.1, 0.15) is 5.82 Å². The summed E-state index contributed by atoms with van der Waals surface area (Å²) in [6.45, 7) is 2.96. The summed E-state index contributed by atoms with van der Waals surface area (Å²) in [4.78, 5) is 28.6. The van der Waals surface area contributed by atoms with Crippen LogP contribution in [0.25, 0.3) is 0 Å². The molecule has 2 unspecified atom stereocenters. The summed E-state index contributed by atoms with van der Waals surface area (Å²) in [5.74, 6) is -0.384. The van der Waals surface area contributed by atoms with Gasteiger partial charge in [-0.15, -0.1) is 0 Å². The van der Waals surface area contributed by atoms with E-state index in [0.717, 1.165) is 24.8 Å². The molecule has 160 valence electrons. The number of halogens is 1. The Bertz CT molecular complexity index is 741. The number of hydrogen-bond acceptors (Lipinski definition) is 3. The van der Waals surface area contributed by atoms with Crippen LogP contribution in [0, 0.1) is 11.7 Å². The highest BCUT2D eigenvalue weighted by Gasteiger charge is 2.41. The number of aliphatic hydroxyl groups excluding tert-OH is 1. The number of benzene rings is 1. The van der Waals surface area contributed by atoms with E-state index in [0.29, 0.717) is 25.1 Å². The molecule has 3 rings (SSSR count). The number of carbonyl (C=O) groups is 2. The predicted molar refractivity (Wildman–Crippen MR) is 108 cm³/mol. The molecule has 2 atom stereocenters. The van der Waals surface area contributed by atoms with Crippen molar-refractivity contribution in [2.45, 2.75) is 51.2 Å². The average molecular weight is 407 g/mol. The quantitative estimate of drug-likeness (QED) is 0.676. The fourth-order valence-corrected chi connectivity index (χ4v) is 4.03. The van der Waals surface area contributed by atoms with Gasteiger partial charge in [0.25, 0.3) is 0 Å². The molecule has 1 aliphatic heterocycles. The van der Waals surface area contributed by atoms with Crippen LogP contribution in [-0.2, 0) is 13.0 Å².